The zero-order valence-corrected chi connectivity index (χ0v) is 8.10. The van der Waals surface area contributed by atoms with Crippen LogP contribution in [0.15, 0.2) is 12.7 Å². The zero-order chi connectivity index (χ0) is 11.7. The molecule has 2 aromatic rings. The average molecular weight is 219 g/mol. The van der Waals surface area contributed by atoms with Gasteiger partial charge in [0.1, 0.15) is 12.4 Å². The summed E-state index contributed by atoms with van der Waals surface area (Å²) in [7, 11) is 1.59. The van der Waals surface area contributed by atoms with Crippen molar-refractivity contribution in [3.63, 3.8) is 0 Å². The van der Waals surface area contributed by atoms with Crippen LogP contribution in [-0.4, -0.2) is 29.2 Å². The maximum atomic E-state index is 10.7. The Morgan fingerprint density at radius 2 is 2.25 bits per heavy atom. The normalized spacial score (nSPS) is 10.0. The molecule has 2 heterocycles. The molecule has 0 aliphatic carbocycles. The molecular weight excluding hydrogens is 214 g/mol. The minimum absolute atomic E-state index is 0.0597. The van der Waals surface area contributed by atoms with Gasteiger partial charge in [0, 0.05) is 7.05 Å². The maximum Gasteiger partial charge on any atom is 0.408 e. The van der Waals surface area contributed by atoms with Gasteiger partial charge in [-0.2, -0.15) is 9.94 Å². The Bertz CT molecular complexity index is 590. The molecule has 0 atom stereocenters. The average Bonchev–Trinajstić information content (AvgIpc) is 2.83. The first-order valence-corrected chi connectivity index (χ1v) is 4.11. The first-order chi connectivity index (χ1) is 7.63. The van der Waals surface area contributed by atoms with Crippen molar-refractivity contribution in [2.45, 2.75) is 0 Å². The predicted octanol–water partition coefficient (Wildman–Crippen LogP) is -0.219. The maximum absolute atomic E-state index is 10.7. The fourth-order valence-electron chi connectivity index (χ4n) is 1.22. The second-order valence-corrected chi connectivity index (χ2v) is 2.88. The van der Waals surface area contributed by atoms with E-state index in [1.165, 1.54) is 17.2 Å². The molecule has 0 aliphatic rings. The number of imidazole rings is 1. The first kappa shape index (κ1) is 9.78. The SMILES string of the molecule is Cn1cnc([N+](=O)[O-])c1-n1cnc(C#N)n1. The molecular formula is C7H5N7O2. The van der Waals surface area contributed by atoms with Gasteiger partial charge in [0.15, 0.2) is 0 Å². The second-order valence-electron chi connectivity index (χ2n) is 2.88. The van der Waals surface area contributed by atoms with E-state index in [1.54, 1.807) is 13.1 Å². The van der Waals surface area contributed by atoms with Crippen LogP contribution in [0.1, 0.15) is 5.82 Å². The Balaban J connectivity index is 2.59. The molecule has 0 saturated heterocycles. The van der Waals surface area contributed by atoms with Crippen LogP contribution in [0.2, 0.25) is 0 Å². The van der Waals surface area contributed by atoms with Crippen molar-refractivity contribution >= 4 is 5.82 Å². The van der Waals surface area contributed by atoms with Gasteiger partial charge < -0.3 is 10.1 Å². The molecule has 0 aliphatic heterocycles. The molecule has 0 bridgehead atoms. The Morgan fingerprint density at radius 1 is 1.50 bits per heavy atom. The summed E-state index contributed by atoms with van der Waals surface area (Å²) in [6.07, 6.45) is 2.52. The summed E-state index contributed by atoms with van der Waals surface area (Å²) >= 11 is 0. The molecule has 2 rings (SSSR count). The van der Waals surface area contributed by atoms with E-state index in [1.807, 2.05) is 0 Å². The van der Waals surface area contributed by atoms with Crippen molar-refractivity contribution in [2.24, 2.45) is 7.05 Å². The van der Waals surface area contributed by atoms with E-state index < -0.39 is 4.92 Å². The Kier molecular flexibility index (Phi) is 2.10. The molecule has 0 amide bonds. The Labute approximate surface area is 88.7 Å². The summed E-state index contributed by atoms with van der Waals surface area (Å²) in [6.45, 7) is 0. The number of hydrogen-bond donors (Lipinski definition) is 0. The number of nitrogens with zero attached hydrogens (tertiary/aromatic N) is 7. The van der Waals surface area contributed by atoms with Gasteiger partial charge in [0.05, 0.1) is 0 Å². The van der Waals surface area contributed by atoms with Crippen LogP contribution in [0, 0.1) is 21.4 Å². The van der Waals surface area contributed by atoms with E-state index in [0.29, 0.717) is 0 Å². The van der Waals surface area contributed by atoms with Crippen molar-refractivity contribution in [1.29, 1.82) is 5.26 Å². The standard InChI is InChI=1S/C7H5N7O2/c1-12-3-10-6(14(15)16)7(12)13-4-9-5(2-8)11-13/h3-4H,1H3. The van der Waals surface area contributed by atoms with Crippen molar-refractivity contribution in [2.75, 3.05) is 0 Å². The lowest BCUT2D eigenvalue weighted by Crippen LogP contribution is -2.05. The topological polar surface area (TPSA) is 115 Å². The summed E-state index contributed by atoms with van der Waals surface area (Å²) in [6, 6.07) is 1.73. The lowest BCUT2D eigenvalue weighted by Gasteiger charge is -1.99. The van der Waals surface area contributed by atoms with Crippen LogP contribution in [0.3, 0.4) is 0 Å². The highest BCUT2D eigenvalue weighted by Crippen LogP contribution is 2.18. The van der Waals surface area contributed by atoms with E-state index >= 15 is 0 Å². The molecule has 0 spiro atoms. The number of hydrogen-bond acceptors (Lipinski definition) is 6. The van der Waals surface area contributed by atoms with Crippen LogP contribution < -0.4 is 0 Å². The second kappa shape index (κ2) is 3.43. The number of aryl methyl sites for hydroxylation is 1. The lowest BCUT2D eigenvalue weighted by atomic mass is 10.6. The van der Waals surface area contributed by atoms with E-state index in [4.69, 9.17) is 5.26 Å². The first-order valence-electron chi connectivity index (χ1n) is 4.11. The third-order valence-electron chi connectivity index (χ3n) is 1.87. The number of rotatable bonds is 2. The van der Waals surface area contributed by atoms with Crippen LogP contribution in [0.25, 0.3) is 5.82 Å². The van der Waals surface area contributed by atoms with Gasteiger partial charge in [-0.1, -0.05) is 0 Å². The molecule has 0 aromatic carbocycles. The summed E-state index contributed by atoms with van der Waals surface area (Å²) in [4.78, 5) is 17.3. The highest BCUT2D eigenvalue weighted by atomic mass is 16.6. The van der Waals surface area contributed by atoms with Gasteiger partial charge in [-0.05, 0) is 9.91 Å². The van der Waals surface area contributed by atoms with Crippen LogP contribution in [0.4, 0.5) is 5.82 Å². The highest BCUT2D eigenvalue weighted by Gasteiger charge is 2.22. The van der Waals surface area contributed by atoms with E-state index in [2.05, 4.69) is 15.1 Å². The number of nitriles is 1. The van der Waals surface area contributed by atoms with E-state index in [9.17, 15) is 10.1 Å². The fourth-order valence-corrected chi connectivity index (χ4v) is 1.22. The molecule has 80 valence electrons. The highest BCUT2D eigenvalue weighted by molar-refractivity contribution is 5.40. The van der Waals surface area contributed by atoms with Gasteiger partial charge in [-0.3, -0.25) is 4.57 Å². The molecule has 0 N–H and O–H groups in total. The summed E-state index contributed by atoms with van der Waals surface area (Å²) in [5.74, 6) is -0.244. The third kappa shape index (κ3) is 1.38. The van der Waals surface area contributed by atoms with Crippen LogP contribution in [-0.2, 0) is 7.05 Å². The predicted molar refractivity (Wildman–Crippen MR) is 49.5 cm³/mol. The Morgan fingerprint density at radius 3 is 2.81 bits per heavy atom. The third-order valence-corrected chi connectivity index (χ3v) is 1.87. The molecule has 0 unspecified atom stereocenters. The lowest BCUT2D eigenvalue weighted by molar-refractivity contribution is -0.389. The fraction of sp³-hybridized carbons (Fsp3) is 0.143. The number of nitro groups is 1. The van der Waals surface area contributed by atoms with Gasteiger partial charge in [0.2, 0.25) is 12.1 Å². The van der Waals surface area contributed by atoms with Gasteiger partial charge in [-0.25, -0.2) is 4.98 Å². The van der Waals surface area contributed by atoms with Crippen LogP contribution in [0.5, 0.6) is 0 Å². The van der Waals surface area contributed by atoms with Gasteiger partial charge >= 0.3 is 5.82 Å². The summed E-state index contributed by atoms with van der Waals surface area (Å²) in [5.41, 5.74) is 0. The van der Waals surface area contributed by atoms with Crippen LogP contribution >= 0.6 is 0 Å². The molecule has 16 heavy (non-hydrogen) atoms. The van der Waals surface area contributed by atoms with E-state index in [-0.39, 0.29) is 17.5 Å². The molecule has 0 radical (unpaired) electrons. The molecule has 0 saturated carbocycles. The van der Waals surface area contributed by atoms with Crippen molar-refractivity contribution in [3.05, 3.63) is 28.6 Å². The minimum atomic E-state index is -0.622. The monoisotopic (exact) mass is 219 g/mol. The molecule has 0 fully saturated rings. The van der Waals surface area contributed by atoms with Gasteiger partial charge in [0.25, 0.3) is 5.82 Å². The summed E-state index contributed by atoms with van der Waals surface area (Å²) in [5, 5.41) is 23.0. The molecule has 9 heteroatoms. The van der Waals surface area contributed by atoms with E-state index in [0.717, 1.165) is 4.68 Å². The largest absolute Gasteiger partial charge is 0.408 e. The Hall–Kier alpha value is -2.76. The van der Waals surface area contributed by atoms with Crippen molar-refractivity contribution < 1.29 is 4.92 Å². The molecule has 2 aromatic heterocycles. The summed E-state index contributed by atoms with van der Waals surface area (Å²) < 4.78 is 2.57. The quantitative estimate of drug-likeness (QED) is 0.509. The van der Waals surface area contributed by atoms with Gasteiger partial charge in [-0.15, -0.1) is 5.10 Å². The molecule has 9 nitrogen and oxygen atoms in total. The van der Waals surface area contributed by atoms with Crippen molar-refractivity contribution in [1.82, 2.24) is 24.3 Å². The smallest absolute Gasteiger partial charge is 0.358 e. The zero-order valence-electron chi connectivity index (χ0n) is 8.10. The minimum Gasteiger partial charge on any atom is -0.358 e. The van der Waals surface area contributed by atoms with Crippen molar-refractivity contribution in [3.8, 4) is 11.9 Å². The number of aromatic nitrogens is 5.